The summed E-state index contributed by atoms with van der Waals surface area (Å²) in [7, 11) is 0. The van der Waals surface area contributed by atoms with E-state index in [2.05, 4.69) is 15.5 Å². The SMILES string of the molecule is CC(=O)Nc1n[nH]c2c1CCCC2. The van der Waals surface area contributed by atoms with E-state index in [4.69, 9.17) is 0 Å². The van der Waals surface area contributed by atoms with Crippen molar-refractivity contribution < 1.29 is 4.79 Å². The molecule has 0 saturated heterocycles. The molecule has 0 radical (unpaired) electrons. The Morgan fingerprint density at radius 1 is 1.46 bits per heavy atom. The van der Waals surface area contributed by atoms with Crippen molar-refractivity contribution in [1.29, 1.82) is 0 Å². The van der Waals surface area contributed by atoms with Gasteiger partial charge in [0.25, 0.3) is 0 Å². The van der Waals surface area contributed by atoms with Gasteiger partial charge in [0.15, 0.2) is 5.82 Å². The molecular formula is C9H13N3O. The van der Waals surface area contributed by atoms with E-state index in [0.717, 1.165) is 18.7 Å². The molecule has 70 valence electrons. The molecule has 1 heterocycles. The van der Waals surface area contributed by atoms with Crippen molar-refractivity contribution in [2.24, 2.45) is 0 Å². The Kier molecular flexibility index (Phi) is 2.04. The molecule has 1 amide bonds. The summed E-state index contributed by atoms with van der Waals surface area (Å²) in [6.45, 7) is 1.50. The lowest BCUT2D eigenvalue weighted by Crippen LogP contribution is -2.09. The summed E-state index contributed by atoms with van der Waals surface area (Å²) in [5, 5.41) is 9.78. The molecule has 13 heavy (non-hydrogen) atoms. The summed E-state index contributed by atoms with van der Waals surface area (Å²) in [6.07, 6.45) is 4.50. The van der Waals surface area contributed by atoms with Crippen LogP contribution in [-0.4, -0.2) is 16.1 Å². The van der Waals surface area contributed by atoms with Gasteiger partial charge in [0, 0.05) is 18.2 Å². The summed E-state index contributed by atoms with van der Waals surface area (Å²) in [5.74, 6) is 0.669. The van der Waals surface area contributed by atoms with E-state index in [1.54, 1.807) is 0 Å². The molecule has 4 nitrogen and oxygen atoms in total. The highest BCUT2D eigenvalue weighted by molar-refractivity contribution is 5.88. The van der Waals surface area contributed by atoms with Crippen molar-refractivity contribution >= 4 is 11.7 Å². The minimum atomic E-state index is -0.0557. The molecule has 0 saturated carbocycles. The van der Waals surface area contributed by atoms with Crippen LogP contribution >= 0.6 is 0 Å². The van der Waals surface area contributed by atoms with Gasteiger partial charge in [-0.05, 0) is 25.7 Å². The average Bonchev–Trinajstić information content (AvgIpc) is 2.48. The maximum absolute atomic E-state index is 10.8. The van der Waals surface area contributed by atoms with Gasteiger partial charge in [-0.1, -0.05) is 0 Å². The standard InChI is InChI=1S/C9H13N3O/c1-6(13)10-9-7-4-2-3-5-8(7)11-12-9/h2-5H2,1H3,(H2,10,11,12,13). The van der Waals surface area contributed by atoms with Crippen molar-refractivity contribution in [3.05, 3.63) is 11.3 Å². The third kappa shape index (κ3) is 1.56. The highest BCUT2D eigenvalue weighted by Crippen LogP contribution is 2.25. The van der Waals surface area contributed by atoms with Gasteiger partial charge in [0.2, 0.25) is 5.91 Å². The topological polar surface area (TPSA) is 57.8 Å². The fourth-order valence-electron chi connectivity index (χ4n) is 1.75. The molecule has 0 atom stereocenters. The number of H-pyrrole nitrogens is 1. The number of aromatic nitrogens is 2. The molecule has 0 spiro atoms. The lowest BCUT2D eigenvalue weighted by molar-refractivity contribution is -0.114. The molecule has 0 bridgehead atoms. The van der Waals surface area contributed by atoms with Gasteiger partial charge in [0.05, 0.1) is 0 Å². The zero-order valence-corrected chi connectivity index (χ0v) is 7.68. The number of anilines is 1. The van der Waals surface area contributed by atoms with E-state index in [-0.39, 0.29) is 5.91 Å². The summed E-state index contributed by atoms with van der Waals surface area (Å²) >= 11 is 0. The molecule has 0 unspecified atom stereocenters. The predicted octanol–water partition coefficient (Wildman–Crippen LogP) is 1.25. The Balaban J connectivity index is 2.26. The van der Waals surface area contributed by atoms with Gasteiger partial charge in [-0.3, -0.25) is 9.89 Å². The van der Waals surface area contributed by atoms with Gasteiger partial charge in [-0.15, -0.1) is 0 Å². The molecule has 0 fully saturated rings. The zero-order chi connectivity index (χ0) is 9.26. The first-order valence-corrected chi connectivity index (χ1v) is 4.61. The molecule has 1 aromatic heterocycles. The molecule has 4 heteroatoms. The van der Waals surface area contributed by atoms with Crippen LogP contribution in [0.3, 0.4) is 0 Å². The summed E-state index contributed by atoms with van der Waals surface area (Å²) < 4.78 is 0. The van der Waals surface area contributed by atoms with E-state index in [0.29, 0.717) is 0 Å². The highest BCUT2D eigenvalue weighted by Gasteiger charge is 2.16. The summed E-state index contributed by atoms with van der Waals surface area (Å²) in [5.41, 5.74) is 2.39. The van der Waals surface area contributed by atoms with E-state index >= 15 is 0 Å². The quantitative estimate of drug-likeness (QED) is 0.681. The molecular weight excluding hydrogens is 166 g/mol. The van der Waals surface area contributed by atoms with Crippen molar-refractivity contribution in [3.63, 3.8) is 0 Å². The second-order valence-electron chi connectivity index (χ2n) is 3.42. The van der Waals surface area contributed by atoms with Crippen LogP contribution in [0.1, 0.15) is 31.0 Å². The monoisotopic (exact) mass is 179 g/mol. The van der Waals surface area contributed by atoms with Gasteiger partial charge < -0.3 is 5.32 Å². The normalized spacial score (nSPS) is 15.2. The van der Waals surface area contributed by atoms with Crippen molar-refractivity contribution in [2.45, 2.75) is 32.6 Å². The maximum Gasteiger partial charge on any atom is 0.222 e. The fraction of sp³-hybridized carbons (Fsp3) is 0.556. The number of rotatable bonds is 1. The Labute approximate surface area is 76.7 Å². The van der Waals surface area contributed by atoms with Crippen LogP contribution in [0.15, 0.2) is 0 Å². The molecule has 1 aliphatic rings. The highest BCUT2D eigenvalue weighted by atomic mass is 16.1. The first-order valence-electron chi connectivity index (χ1n) is 4.61. The number of aromatic amines is 1. The minimum Gasteiger partial charge on any atom is -0.309 e. The number of carbonyl (C=O) groups excluding carboxylic acids is 1. The number of nitrogens with zero attached hydrogens (tertiary/aromatic N) is 1. The Morgan fingerprint density at radius 3 is 3.00 bits per heavy atom. The molecule has 1 aromatic rings. The van der Waals surface area contributed by atoms with Gasteiger partial charge >= 0.3 is 0 Å². The van der Waals surface area contributed by atoms with Gasteiger partial charge in [0.1, 0.15) is 0 Å². The second kappa shape index (κ2) is 3.20. The van der Waals surface area contributed by atoms with Crippen LogP contribution in [0.5, 0.6) is 0 Å². The van der Waals surface area contributed by atoms with Crippen LogP contribution < -0.4 is 5.32 Å². The number of hydrogen-bond acceptors (Lipinski definition) is 2. The second-order valence-corrected chi connectivity index (χ2v) is 3.42. The number of amides is 1. The van der Waals surface area contributed by atoms with Crippen LogP contribution in [0, 0.1) is 0 Å². The first-order chi connectivity index (χ1) is 6.27. The molecule has 0 aromatic carbocycles. The average molecular weight is 179 g/mol. The predicted molar refractivity (Wildman–Crippen MR) is 49.5 cm³/mol. The molecule has 0 aliphatic heterocycles. The van der Waals surface area contributed by atoms with Gasteiger partial charge in [-0.2, -0.15) is 5.10 Å². The van der Waals surface area contributed by atoms with E-state index in [1.807, 2.05) is 0 Å². The van der Waals surface area contributed by atoms with E-state index < -0.39 is 0 Å². The smallest absolute Gasteiger partial charge is 0.222 e. The Morgan fingerprint density at radius 2 is 2.23 bits per heavy atom. The third-order valence-corrected chi connectivity index (χ3v) is 2.35. The Bertz CT molecular complexity index is 330. The van der Waals surface area contributed by atoms with Crippen LogP contribution in [0.2, 0.25) is 0 Å². The molecule has 1 aliphatic carbocycles. The lowest BCUT2D eigenvalue weighted by Gasteiger charge is -2.10. The van der Waals surface area contributed by atoms with Crippen LogP contribution in [0.4, 0.5) is 5.82 Å². The van der Waals surface area contributed by atoms with Gasteiger partial charge in [-0.25, -0.2) is 0 Å². The zero-order valence-electron chi connectivity index (χ0n) is 7.68. The van der Waals surface area contributed by atoms with E-state index in [1.165, 1.54) is 31.0 Å². The van der Waals surface area contributed by atoms with Crippen molar-refractivity contribution in [3.8, 4) is 0 Å². The number of hydrogen-bond donors (Lipinski definition) is 2. The third-order valence-electron chi connectivity index (χ3n) is 2.35. The van der Waals surface area contributed by atoms with E-state index in [9.17, 15) is 4.79 Å². The van der Waals surface area contributed by atoms with Crippen molar-refractivity contribution in [2.75, 3.05) is 5.32 Å². The lowest BCUT2D eigenvalue weighted by atomic mass is 9.97. The summed E-state index contributed by atoms with van der Waals surface area (Å²) in [4.78, 5) is 10.8. The number of nitrogens with one attached hydrogen (secondary N) is 2. The van der Waals surface area contributed by atoms with Crippen LogP contribution in [-0.2, 0) is 17.6 Å². The molecule has 2 rings (SSSR count). The number of aryl methyl sites for hydroxylation is 1. The fourth-order valence-corrected chi connectivity index (χ4v) is 1.75. The molecule has 2 N–H and O–H groups in total. The number of fused-ring (bicyclic) bond motifs is 1. The summed E-state index contributed by atoms with van der Waals surface area (Å²) in [6, 6.07) is 0. The number of carbonyl (C=O) groups is 1. The Hall–Kier alpha value is -1.32. The first kappa shape index (κ1) is 8.29. The van der Waals surface area contributed by atoms with Crippen LogP contribution in [0.25, 0.3) is 0 Å². The maximum atomic E-state index is 10.8. The minimum absolute atomic E-state index is 0.0557. The van der Waals surface area contributed by atoms with Crippen molar-refractivity contribution in [1.82, 2.24) is 10.2 Å². The largest absolute Gasteiger partial charge is 0.309 e.